The SMILES string of the molecule is Cc1ccnc(Nc2cccc(-c3cnc([C@H]4CC[C@H](CN5CCCC(O)C5)CC4)s3)n2)c1. The molecule has 1 saturated heterocycles. The third-order valence-corrected chi connectivity index (χ3v) is 8.07. The van der Waals surface area contributed by atoms with Crippen LogP contribution in [0.15, 0.2) is 42.7 Å². The molecule has 1 unspecified atom stereocenters. The Labute approximate surface area is 200 Å². The van der Waals surface area contributed by atoms with Crippen molar-refractivity contribution >= 4 is 23.0 Å². The molecule has 174 valence electrons. The molecule has 0 aromatic carbocycles. The summed E-state index contributed by atoms with van der Waals surface area (Å²) in [5.41, 5.74) is 2.12. The second kappa shape index (κ2) is 10.3. The molecule has 1 aliphatic carbocycles. The predicted molar refractivity (Wildman–Crippen MR) is 134 cm³/mol. The number of aliphatic hydroxyl groups is 1. The van der Waals surface area contributed by atoms with Gasteiger partial charge in [-0.15, -0.1) is 11.3 Å². The van der Waals surface area contributed by atoms with Crippen LogP contribution in [-0.2, 0) is 0 Å². The molecule has 3 aromatic heterocycles. The minimum atomic E-state index is -0.126. The van der Waals surface area contributed by atoms with Crippen LogP contribution >= 0.6 is 11.3 Å². The van der Waals surface area contributed by atoms with E-state index in [2.05, 4.69) is 28.2 Å². The third kappa shape index (κ3) is 5.78. The second-order valence-corrected chi connectivity index (χ2v) is 10.6. The first-order valence-electron chi connectivity index (χ1n) is 12.2. The Kier molecular flexibility index (Phi) is 6.99. The number of anilines is 2. The molecule has 2 fully saturated rings. The van der Waals surface area contributed by atoms with Gasteiger partial charge in [0.2, 0.25) is 0 Å². The number of nitrogens with one attached hydrogen (secondary N) is 1. The lowest BCUT2D eigenvalue weighted by Gasteiger charge is -2.35. The van der Waals surface area contributed by atoms with Gasteiger partial charge in [0.05, 0.1) is 21.7 Å². The molecule has 0 spiro atoms. The van der Waals surface area contributed by atoms with E-state index in [9.17, 15) is 5.11 Å². The van der Waals surface area contributed by atoms with Crippen molar-refractivity contribution in [3.8, 4) is 10.6 Å². The van der Waals surface area contributed by atoms with Gasteiger partial charge in [-0.2, -0.15) is 0 Å². The lowest BCUT2D eigenvalue weighted by Crippen LogP contribution is -2.41. The van der Waals surface area contributed by atoms with Gasteiger partial charge in [0.1, 0.15) is 11.6 Å². The summed E-state index contributed by atoms with van der Waals surface area (Å²) in [6, 6.07) is 10.1. The maximum atomic E-state index is 9.94. The van der Waals surface area contributed by atoms with Gasteiger partial charge in [0.25, 0.3) is 0 Å². The first-order valence-corrected chi connectivity index (χ1v) is 13.0. The third-order valence-electron chi connectivity index (χ3n) is 6.89. The zero-order valence-corrected chi connectivity index (χ0v) is 20.1. The molecule has 1 saturated carbocycles. The lowest BCUT2D eigenvalue weighted by molar-refractivity contribution is 0.0575. The number of pyridine rings is 2. The van der Waals surface area contributed by atoms with Crippen LogP contribution in [0.5, 0.6) is 0 Å². The Hall–Kier alpha value is -2.35. The molecular weight excluding hydrogens is 430 g/mol. The fourth-order valence-corrected chi connectivity index (χ4v) is 6.18. The highest BCUT2D eigenvalue weighted by atomic mass is 32.1. The van der Waals surface area contributed by atoms with Crippen molar-refractivity contribution in [3.63, 3.8) is 0 Å². The smallest absolute Gasteiger partial charge is 0.132 e. The number of β-amino-alcohol motifs (C(OH)–C–C–N with tert-alkyl or cyclic N) is 1. The molecule has 2 aliphatic rings. The van der Waals surface area contributed by atoms with Crippen LogP contribution in [0, 0.1) is 12.8 Å². The summed E-state index contributed by atoms with van der Waals surface area (Å²) >= 11 is 1.79. The Morgan fingerprint density at radius 1 is 1.09 bits per heavy atom. The summed E-state index contributed by atoms with van der Waals surface area (Å²) in [6.45, 7) is 5.21. The van der Waals surface area contributed by atoms with Crippen LogP contribution in [0.25, 0.3) is 10.6 Å². The average Bonchev–Trinajstić information content (AvgIpc) is 3.30. The van der Waals surface area contributed by atoms with Gasteiger partial charge in [0.15, 0.2) is 0 Å². The zero-order chi connectivity index (χ0) is 22.6. The van der Waals surface area contributed by atoms with Crippen molar-refractivity contribution in [2.45, 2.75) is 57.5 Å². The molecule has 6 nitrogen and oxygen atoms in total. The topological polar surface area (TPSA) is 74.2 Å². The monoisotopic (exact) mass is 463 g/mol. The molecule has 1 aliphatic heterocycles. The van der Waals surface area contributed by atoms with Gasteiger partial charge in [0, 0.05) is 31.4 Å². The normalized spacial score (nSPS) is 24.0. The van der Waals surface area contributed by atoms with Gasteiger partial charge >= 0.3 is 0 Å². The number of hydrogen-bond donors (Lipinski definition) is 2. The maximum absolute atomic E-state index is 9.94. The maximum Gasteiger partial charge on any atom is 0.132 e. The summed E-state index contributed by atoms with van der Waals surface area (Å²) in [7, 11) is 0. The van der Waals surface area contributed by atoms with Crippen molar-refractivity contribution in [1.82, 2.24) is 19.9 Å². The van der Waals surface area contributed by atoms with Gasteiger partial charge in [-0.05, 0) is 87.7 Å². The molecule has 0 amide bonds. The summed E-state index contributed by atoms with van der Waals surface area (Å²) in [5.74, 6) is 2.92. The number of thiazole rings is 1. The van der Waals surface area contributed by atoms with Crippen molar-refractivity contribution in [3.05, 3.63) is 53.3 Å². The first kappa shape index (κ1) is 22.4. The number of piperidine rings is 1. The standard InChI is InChI=1S/C26H33N5OS/c1-18-11-12-27-25(14-18)30-24-6-2-5-22(29-24)23-15-28-26(33-23)20-9-7-19(8-10-20)16-31-13-3-4-21(32)17-31/h2,5-6,11-12,14-15,19-21,32H,3-4,7-10,13,16-17H2,1H3,(H,27,29,30)/t19-,20-,21?. The molecule has 3 aromatic rings. The number of hydrogen-bond acceptors (Lipinski definition) is 7. The molecule has 33 heavy (non-hydrogen) atoms. The van der Waals surface area contributed by atoms with E-state index in [0.717, 1.165) is 60.6 Å². The minimum Gasteiger partial charge on any atom is -0.392 e. The molecule has 0 bridgehead atoms. The van der Waals surface area contributed by atoms with E-state index in [1.165, 1.54) is 36.3 Å². The Balaban J connectivity index is 1.19. The van der Waals surface area contributed by atoms with Crippen molar-refractivity contribution in [1.29, 1.82) is 0 Å². The van der Waals surface area contributed by atoms with Gasteiger partial charge in [-0.1, -0.05) is 6.07 Å². The fraction of sp³-hybridized carbons (Fsp3) is 0.500. The number of rotatable bonds is 6. The lowest BCUT2D eigenvalue weighted by atomic mass is 9.82. The van der Waals surface area contributed by atoms with Crippen molar-refractivity contribution < 1.29 is 5.11 Å². The predicted octanol–water partition coefficient (Wildman–Crippen LogP) is 5.38. The van der Waals surface area contributed by atoms with Crippen molar-refractivity contribution in [2.24, 2.45) is 5.92 Å². The number of nitrogens with zero attached hydrogens (tertiary/aromatic N) is 4. The van der Waals surface area contributed by atoms with E-state index in [0.29, 0.717) is 5.92 Å². The summed E-state index contributed by atoms with van der Waals surface area (Å²) < 4.78 is 0. The largest absolute Gasteiger partial charge is 0.392 e. The summed E-state index contributed by atoms with van der Waals surface area (Å²) in [5, 5.41) is 14.5. The Morgan fingerprint density at radius 2 is 1.97 bits per heavy atom. The Morgan fingerprint density at radius 3 is 2.79 bits per heavy atom. The molecular formula is C26H33N5OS. The van der Waals surface area contributed by atoms with Crippen LogP contribution in [0.2, 0.25) is 0 Å². The highest BCUT2D eigenvalue weighted by Crippen LogP contribution is 2.39. The summed E-state index contributed by atoms with van der Waals surface area (Å²) in [6.07, 6.45) is 10.7. The minimum absolute atomic E-state index is 0.126. The molecule has 4 heterocycles. The number of aryl methyl sites for hydroxylation is 1. The van der Waals surface area contributed by atoms with Gasteiger partial charge < -0.3 is 15.3 Å². The highest BCUT2D eigenvalue weighted by molar-refractivity contribution is 7.15. The van der Waals surface area contributed by atoms with Gasteiger partial charge in [-0.3, -0.25) is 0 Å². The van der Waals surface area contributed by atoms with E-state index in [1.807, 2.05) is 36.7 Å². The van der Waals surface area contributed by atoms with E-state index < -0.39 is 0 Å². The van der Waals surface area contributed by atoms with Crippen LogP contribution in [0.1, 0.15) is 55.0 Å². The molecule has 2 N–H and O–H groups in total. The molecule has 7 heteroatoms. The van der Waals surface area contributed by atoms with Crippen LogP contribution in [0.4, 0.5) is 11.6 Å². The van der Waals surface area contributed by atoms with Gasteiger partial charge in [-0.25, -0.2) is 15.0 Å². The molecule has 0 radical (unpaired) electrons. The van der Waals surface area contributed by atoms with Crippen molar-refractivity contribution in [2.75, 3.05) is 25.0 Å². The van der Waals surface area contributed by atoms with E-state index in [1.54, 1.807) is 11.3 Å². The van der Waals surface area contributed by atoms with E-state index in [-0.39, 0.29) is 6.10 Å². The molecule has 1 atom stereocenters. The van der Waals surface area contributed by atoms with E-state index in [4.69, 9.17) is 9.97 Å². The van der Waals surface area contributed by atoms with Crippen LogP contribution in [0.3, 0.4) is 0 Å². The summed E-state index contributed by atoms with van der Waals surface area (Å²) in [4.78, 5) is 17.6. The van der Waals surface area contributed by atoms with Crippen LogP contribution in [-0.4, -0.2) is 50.7 Å². The highest BCUT2D eigenvalue weighted by Gasteiger charge is 2.27. The first-order chi connectivity index (χ1) is 16.1. The number of aromatic nitrogens is 3. The zero-order valence-electron chi connectivity index (χ0n) is 19.3. The second-order valence-electron chi connectivity index (χ2n) is 9.59. The van der Waals surface area contributed by atoms with E-state index >= 15 is 0 Å². The average molecular weight is 464 g/mol. The number of likely N-dealkylation sites (tertiary alicyclic amines) is 1. The fourth-order valence-electron chi connectivity index (χ4n) is 5.13. The molecule has 5 rings (SSSR count). The quantitative estimate of drug-likeness (QED) is 0.511. The number of aliphatic hydroxyl groups excluding tert-OH is 1. The van der Waals surface area contributed by atoms with Crippen LogP contribution < -0.4 is 5.32 Å². The Bertz CT molecular complexity index is 1060.